The van der Waals surface area contributed by atoms with Gasteiger partial charge in [0.1, 0.15) is 0 Å². The van der Waals surface area contributed by atoms with Crippen LogP contribution in [0.4, 0.5) is 28.4 Å². The number of fused-ring (bicyclic) bond motifs is 3. The van der Waals surface area contributed by atoms with Crippen molar-refractivity contribution in [2.75, 3.05) is 4.90 Å². The van der Waals surface area contributed by atoms with Crippen LogP contribution in [0, 0.1) is 20.2 Å². The molecule has 40 heavy (non-hydrogen) atoms. The van der Waals surface area contributed by atoms with Crippen LogP contribution in [0.5, 0.6) is 0 Å². The Hall–Kier alpha value is -4.54. The van der Waals surface area contributed by atoms with Crippen molar-refractivity contribution in [3.05, 3.63) is 138 Å². The minimum atomic E-state index is -0.447. The van der Waals surface area contributed by atoms with Crippen LogP contribution in [0.25, 0.3) is 27.5 Å². The van der Waals surface area contributed by atoms with Crippen molar-refractivity contribution in [2.45, 2.75) is 0 Å². The van der Waals surface area contributed by atoms with E-state index in [2.05, 4.69) is 60.7 Å². The number of hydrogen-bond acceptors (Lipinski definition) is 5. The zero-order valence-electron chi connectivity index (χ0n) is 20.6. The van der Waals surface area contributed by atoms with Crippen LogP contribution in [0.2, 0.25) is 0 Å². The number of hydrogen-bond donors (Lipinski definition) is 0. The molecule has 0 aliphatic heterocycles. The van der Waals surface area contributed by atoms with E-state index in [0.717, 1.165) is 42.1 Å². The van der Waals surface area contributed by atoms with Gasteiger partial charge < -0.3 is 9.47 Å². The van der Waals surface area contributed by atoms with E-state index >= 15 is 0 Å². The Kier molecular flexibility index (Phi) is 6.57. The van der Waals surface area contributed by atoms with Crippen LogP contribution >= 0.6 is 31.9 Å². The summed E-state index contributed by atoms with van der Waals surface area (Å²) in [6, 6.07) is 32.8. The Balaban J connectivity index is 1.48. The molecule has 0 saturated heterocycles. The first-order valence-electron chi connectivity index (χ1n) is 12.1. The molecule has 0 N–H and O–H groups in total. The summed E-state index contributed by atoms with van der Waals surface area (Å²) in [5, 5.41) is 24.7. The normalized spacial score (nSPS) is 11.2. The highest BCUT2D eigenvalue weighted by Gasteiger charge is 2.17. The number of non-ortho nitro benzene ring substituents is 2. The fraction of sp³-hybridized carbons (Fsp3) is 0. The Bertz CT molecular complexity index is 1800. The lowest BCUT2D eigenvalue weighted by molar-refractivity contribution is -0.385. The standard InChI is InChI=1S/C30H18Br2N4O4/c31-19-1-15-29-27(17-19)28-18-20(32)2-16-30(28)34(29)24-5-3-21(4-6-24)33(22-7-11-25(12-8-22)35(37)38)23-9-13-26(14-10-23)36(39)40/h1-18H. The summed E-state index contributed by atoms with van der Waals surface area (Å²) in [5.41, 5.74) is 5.19. The Morgan fingerprint density at radius 3 is 1.30 bits per heavy atom. The molecule has 0 spiro atoms. The smallest absolute Gasteiger partial charge is 0.269 e. The van der Waals surface area contributed by atoms with Gasteiger partial charge in [-0.25, -0.2) is 0 Å². The summed E-state index contributed by atoms with van der Waals surface area (Å²) in [5.74, 6) is 0. The van der Waals surface area contributed by atoms with E-state index in [4.69, 9.17) is 0 Å². The molecule has 6 rings (SSSR count). The second kappa shape index (κ2) is 10.2. The zero-order chi connectivity index (χ0) is 28.0. The van der Waals surface area contributed by atoms with Crippen LogP contribution in [0.1, 0.15) is 0 Å². The quantitative estimate of drug-likeness (QED) is 0.131. The van der Waals surface area contributed by atoms with Gasteiger partial charge >= 0.3 is 0 Å². The summed E-state index contributed by atoms with van der Waals surface area (Å²) >= 11 is 7.19. The SMILES string of the molecule is O=[N+]([O-])c1ccc(N(c2ccc(-n3c4ccc(Br)cc4c4cc(Br)ccc43)cc2)c2ccc([N+](=O)[O-])cc2)cc1. The van der Waals surface area contributed by atoms with Gasteiger partial charge in [-0.05, 0) is 84.9 Å². The maximum Gasteiger partial charge on any atom is 0.269 e. The molecule has 0 amide bonds. The number of halogens is 2. The Morgan fingerprint density at radius 1 is 0.550 bits per heavy atom. The van der Waals surface area contributed by atoms with E-state index in [1.165, 1.54) is 24.3 Å². The molecule has 6 aromatic rings. The maximum atomic E-state index is 11.2. The topological polar surface area (TPSA) is 94.5 Å². The van der Waals surface area contributed by atoms with Gasteiger partial charge in [0.25, 0.3) is 11.4 Å². The van der Waals surface area contributed by atoms with Crippen LogP contribution in [0.15, 0.2) is 118 Å². The molecule has 0 radical (unpaired) electrons. The number of benzene rings is 5. The molecule has 1 aromatic heterocycles. The van der Waals surface area contributed by atoms with Crippen LogP contribution in [-0.4, -0.2) is 14.4 Å². The lowest BCUT2D eigenvalue weighted by Gasteiger charge is -2.25. The zero-order valence-corrected chi connectivity index (χ0v) is 23.7. The number of anilines is 3. The van der Waals surface area contributed by atoms with E-state index in [9.17, 15) is 20.2 Å². The van der Waals surface area contributed by atoms with Crippen molar-refractivity contribution in [1.82, 2.24) is 4.57 Å². The lowest BCUT2D eigenvalue weighted by atomic mass is 10.1. The van der Waals surface area contributed by atoms with Gasteiger partial charge in [0.2, 0.25) is 0 Å². The molecular weight excluding hydrogens is 640 g/mol. The first kappa shape index (κ1) is 25.7. The predicted octanol–water partition coefficient (Wildman–Crippen LogP) is 9.59. The first-order valence-corrected chi connectivity index (χ1v) is 13.7. The minimum Gasteiger partial charge on any atom is -0.310 e. The van der Waals surface area contributed by atoms with Gasteiger partial charge in [0.05, 0.1) is 20.9 Å². The third-order valence-corrected chi connectivity index (χ3v) is 7.68. The highest BCUT2D eigenvalue weighted by atomic mass is 79.9. The summed E-state index contributed by atoms with van der Waals surface area (Å²) < 4.78 is 4.20. The van der Waals surface area contributed by atoms with E-state index < -0.39 is 9.85 Å². The molecule has 5 aromatic carbocycles. The largest absolute Gasteiger partial charge is 0.310 e. The van der Waals surface area contributed by atoms with Gasteiger partial charge in [0.15, 0.2) is 0 Å². The van der Waals surface area contributed by atoms with Crippen molar-refractivity contribution in [3.63, 3.8) is 0 Å². The fourth-order valence-electron chi connectivity index (χ4n) is 4.89. The number of rotatable bonds is 6. The Morgan fingerprint density at radius 2 is 0.925 bits per heavy atom. The number of aromatic nitrogens is 1. The summed E-state index contributed by atoms with van der Waals surface area (Å²) in [6.45, 7) is 0. The van der Waals surface area contributed by atoms with E-state index in [1.54, 1.807) is 24.3 Å². The fourth-order valence-corrected chi connectivity index (χ4v) is 5.61. The van der Waals surface area contributed by atoms with E-state index in [0.29, 0.717) is 11.4 Å². The molecule has 0 aliphatic carbocycles. The van der Waals surface area contributed by atoms with Crippen molar-refractivity contribution >= 4 is 82.1 Å². The van der Waals surface area contributed by atoms with E-state index in [1.807, 2.05) is 41.3 Å². The third-order valence-electron chi connectivity index (χ3n) is 6.69. The Labute approximate surface area is 244 Å². The molecule has 196 valence electrons. The molecule has 1 heterocycles. The molecule has 0 atom stereocenters. The van der Waals surface area contributed by atoms with Crippen molar-refractivity contribution in [3.8, 4) is 5.69 Å². The van der Waals surface area contributed by atoms with Crippen molar-refractivity contribution < 1.29 is 9.85 Å². The molecule has 8 nitrogen and oxygen atoms in total. The molecule has 0 bridgehead atoms. The van der Waals surface area contributed by atoms with Gasteiger partial charge in [-0.3, -0.25) is 20.2 Å². The van der Waals surface area contributed by atoms with Gasteiger partial charge in [-0.2, -0.15) is 0 Å². The number of nitrogens with zero attached hydrogens (tertiary/aromatic N) is 4. The molecule has 0 unspecified atom stereocenters. The summed E-state index contributed by atoms with van der Waals surface area (Å²) in [7, 11) is 0. The summed E-state index contributed by atoms with van der Waals surface area (Å²) in [6.07, 6.45) is 0. The lowest BCUT2D eigenvalue weighted by Crippen LogP contribution is -2.10. The molecule has 10 heteroatoms. The van der Waals surface area contributed by atoms with Crippen LogP contribution in [-0.2, 0) is 0 Å². The highest BCUT2D eigenvalue weighted by molar-refractivity contribution is 9.10. The van der Waals surface area contributed by atoms with Gasteiger partial charge in [-0.1, -0.05) is 31.9 Å². The molecule has 0 aliphatic rings. The molecule has 0 fully saturated rings. The van der Waals surface area contributed by atoms with Gasteiger partial charge in [-0.15, -0.1) is 0 Å². The highest BCUT2D eigenvalue weighted by Crippen LogP contribution is 2.39. The number of nitro benzene ring substituents is 2. The maximum absolute atomic E-state index is 11.2. The summed E-state index contributed by atoms with van der Waals surface area (Å²) in [4.78, 5) is 23.4. The third kappa shape index (κ3) is 4.61. The van der Waals surface area contributed by atoms with Crippen molar-refractivity contribution in [2.24, 2.45) is 0 Å². The molecular formula is C30H18Br2N4O4. The second-order valence-corrected chi connectivity index (χ2v) is 10.9. The average Bonchev–Trinajstić information content (AvgIpc) is 3.27. The monoisotopic (exact) mass is 656 g/mol. The average molecular weight is 658 g/mol. The molecule has 0 saturated carbocycles. The second-order valence-electron chi connectivity index (χ2n) is 9.06. The van der Waals surface area contributed by atoms with E-state index in [-0.39, 0.29) is 11.4 Å². The van der Waals surface area contributed by atoms with Crippen LogP contribution in [0.3, 0.4) is 0 Å². The first-order chi connectivity index (χ1) is 19.3. The minimum absolute atomic E-state index is 0.0209. The van der Waals surface area contributed by atoms with Crippen LogP contribution < -0.4 is 4.90 Å². The number of nitro groups is 2. The predicted molar refractivity (Wildman–Crippen MR) is 164 cm³/mol. The van der Waals surface area contributed by atoms with Gasteiger partial charge in [0, 0.05) is 66.7 Å². The van der Waals surface area contributed by atoms with Crippen molar-refractivity contribution in [1.29, 1.82) is 0 Å².